The molecular formula is C23H23N5O. The van der Waals surface area contributed by atoms with Gasteiger partial charge in [0, 0.05) is 11.1 Å². The van der Waals surface area contributed by atoms with Crippen LogP contribution in [0.15, 0.2) is 54.6 Å². The molecular weight excluding hydrogens is 362 g/mol. The standard InChI is InChI=1S/C23H23N5O/c24-21-19(14-6-4-5-7-14)18(20-22(25)27-28-23(20)26-21)15-10-12-17(13-11-15)29-16-8-2-1-3-9-16/h1-3,8-14H,4-7H2,(H5,24,25,26,27,28). The number of nitrogens with two attached hydrogens (primary N) is 2. The summed E-state index contributed by atoms with van der Waals surface area (Å²) in [4.78, 5) is 4.53. The van der Waals surface area contributed by atoms with Crippen LogP contribution in [0.5, 0.6) is 11.5 Å². The average molecular weight is 385 g/mol. The molecule has 0 radical (unpaired) electrons. The number of aromatic nitrogens is 3. The quantitative estimate of drug-likeness (QED) is 0.446. The molecule has 1 saturated carbocycles. The maximum Gasteiger partial charge on any atom is 0.185 e. The van der Waals surface area contributed by atoms with Gasteiger partial charge in [0.15, 0.2) is 5.65 Å². The second kappa shape index (κ2) is 7.13. The lowest BCUT2D eigenvalue weighted by Gasteiger charge is -2.19. The summed E-state index contributed by atoms with van der Waals surface area (Å²) in [5, 5.41) is 7.95. The number of benzene rings is 2. The van der Waals surface area contributed by atoms with E-state index in [-0.39, 0.29) is 0 Å². The van der Waals surface area contributed by atoms with Crippen LogP contribution in [0.2, 0.25) is 0 Å². The minimum Gasteiger partial charge on any atom is -0.457 e. The molecule has 29 heavy (non-hydrogen) atoms. The van der Waals surface area contributed by atoms with Gasteiger partial charge in [0.25, 0.3) is 0 Å². The van der Waals surface area contributed by atoms with E-state index < -0.39 is 0 Å². The van der Waals surface area contributed by atoms with Crippen molar-refractivity contribution in [3.05, 3.63) is 60.2 Å². The van der Waals surface area contributed by atoms with Gasteiger partial charge in [-0.2, -0.15) is 5.10 Å². The molecule has 2 heterocycles. The van der Waals surface area contributed by atoms with Crippen molar-refractivity contribution in [3.63, 3.8) is 0 Å². The van der Waals surface area contributed by atoms with Crippen LogP contribution in [-0.4, -0.2) is 15.2 Å². The Balaban J connectivity index is 1.61. The summed E-state index contributed by atoms with van der Waals surface area (Å²) in [6.45, 7) is 0. The largest absolute Gasteiger partial charge is 0.457 e. The lowest BCUT2D eigenvalue weighted by Crippen LogP contribution is -2.06. The summed E-state index contributed by atoms with van der Waals surface area (Å²) in [6, 6.07) is 17.8. The highest BCUT2D eigenvalue weighted by Gasteiger charge is 2.27. The maximum atomic E-state index is 6.42. The summed E-state index contributed by atoms with van der Waals surface area (Å²) < 4.78 is 5.94. The van der Waals surface area contributed by atoms with Crippen molar-refractivity contribution in [2.75, 3.05) is 11.5 Å². The molecule has 4 aromatic rings. The fourth-order valence-electron chi connectivity index (χ4n) is 4.35. The highest BCUT2D eigenvalue weighted by atomic mass is 16.5. The number of hydrogen-bond acceptors (Lipinski definition) is 5. The fourth-order valence-corrected chi connectivity index (χ4v) is 4.35. The van der Waals surface area contributed by atoms with E-state index in [1.807, 2.05) is 42.5 Å². The van der Waals surface area contributed by atoms with Gasteiger partial charge in [0.05, 0.1) is 5.39 Å². The molecule has 0 bridgehead atoms. The number of aromatic amines is 1. The van der Waals surface area contributed by atoms with Crippen LogP contribution in [0.1, 0.15) is 37.2 Å². The van der Waals surface area contributed by atoms with E-state index in [0.29, 0.717) is 23.2 Å². The minimum absolute atomic E-state index is 0.399. The number of H-pyrrole nitrogens is 1. The number of nitrogen functional groups attached to an aromatic ring is 2. The van der Waals surface area contributed by atoms with Crippen LogP contribution in [0.25, 0.3) is 22.2 Å². The Labute approximate surface area is 168 Å². The van der Waals surface area contributed by atoms with E-state index in [4.69, 9.17) is 16.2 Å². The van der Waals surface area contributed by atoms with Gasteiger partial charge in [-0.25, -0.2) is 4.98 Å². The Morgan fingerprint density at radius 3 is 2.31 bits per heavy atom. The molecule has 0 aliphatic heterocycles. The van der Waals surface area contributed by atoms with Crippen LogP contribution >= 0.6 is 0 Å². The van der Waals surface area contributed by atoms with E-state index in [2.05, 4.69) is 27.3 Å². The zero-order valence-corrected chi connectivity index (χ0v) is 16.1. The molecule has 1 aliphatic carbocycles. The van der Waals surface area contributed by atoms with Crippen LogP contribution in [-0.2, 0) is 0 Å². The second-order valence-electron chi connectivity index (χ2n) is 7.54. The number of para-hydroxylation sites is 1. The first-order chi connectivity index (χ1) is 14.2. The first-order valence-corrected chi connectivity index (χ1v) is 9.97. The molecule has 5 N–H and O–H groups in total. The minimum atomic E-state index is 0.399. The number of rotatable bonds is 4. The van der Waals surface area contributed by atoms with Crippen molar-refractivity contribution in [1.82, 2.24) is 15.2 Å². The van der Waals surface area contributed by atoms with E-state index >= 15 is 0 Å². The van der Waals surface area contributed by atoms with Gasteiger partial charge >= 0.3 is 0 Å². The van der Waals surface area contributed by atoms with Gasteiger partial charge < -0.3 is 16.2 Å². The van der Waals surface area contributed by atoms with Crippen LogP contribution < -0.4 is 16.2 Å². The number of nitrogens with zero attached hydrogens (tertiary/aromatic N) is 2. The van der Waals surface area contributed by atoms with Gasteiger partial charge in [-0.1, -0.05) is 43.2 Å². The molecule has 6 nitrogen and oxygen atoms in total. The van der Waals surface area contributed by atoms with E-state index in [1.54, 1.807) is 0 Å². The summed E-state index contributed by atoms with van der Waals surface area (Å²) >= 11 is 0. The Hall–Kier alpha value is -3.54. The number of fused-ring (bicyclic) bond motifs is 1. The third kappa shape index (κ3) is 3.16. The Morgan fingerprint density at radius 1 is 0.897 bits per heavy atom. The molecule has 0 amide bonds. The van der Waals surface area contributed by atoms with Gasteiger partial charge in [-0.05, 0) is 48.6 Å². The molecule has 0 atom stereocenters. The van der Waals surface area contributed by atoms with Gasteiger partial charge in [0.2, 0.25) is 0 Å². The second-order valence-corrected chi connectivity index (χ2v) is 7.54. The van der Waals surface area contributed by atoms with Gasteiger partial charge in [-0.15, -0.1) is 0 Å². The number of hydrogen-bond donors (Lipinski definition) is 3. The fraction of sp³-hybridized carbons (Fsp3) is 0.217. The van der Waals surface area contributed by atoms with Crippen LogP contribution in [0.3, 0.4) is 0 Å². The number of pyridine rings is 1. The first-order valence-electron chi connectivity index (χ1n) is 9.97. The highest BCUT2D eigenvalue weighted by Crippen LogP contribution is 2.45. The summed E-state index contributed by atoms with van der Waals surface area (Å²) in [7, 11) is 0. The molecule has 0 saturated heterocycles. The molecule has 5 rings (SSSR count). The highest BCUT2D eigenvalue weighted by molar-refractivity contribution is 6.03. The molecule has 0 spiro atoms. The molecule has 1 fully saturated rings. The van der Waals surface area contributed by atoms with Crippen molar-refractivity contribution >= 4 is 22.7 Å². The Kier molecular flexibility index (Phi) is 4.31. The number of nitrogens with one attached hydrogen (secondary N) is 1. The SMILES string of the molecule is Nc1nc2n[nH]c(N)c2c(-c2ccc(Oc3ccccc3)cc2)c1C1CCCC1. The molecule has 146 valence electrons. The van der Waals surface area contributed by atoms with Gasteiger partial charge in [0.1, 0.15) is 23.1 Å². The van der Waals surface area contributed by atoms with E-state index in [9.17, 15) is 0 Å². The molecule has 1 aliphatic rings. The smallest absolute Gasteiger partial charge is 0.185 e. The third-order valence-electron chi connectivity index (χ3n) is 5.68. The van der Waals surface area contributed by atoms with Crippen molar-refractivity contribution in [1.29, 1.82) is 0 Å². The average Bonchev–Trinajstić information content (AvgIpc) is 3.39. The summed E-state index contributed by atoms with van der Waals surface area (Å²) in [5.41, 5.74) is 16.4. The van der Waals surface area contributed by atoms with Crippen LogP contribution in [0.4, 0.5) is 11.6 Å². The van der Waals surface area contributed by atoms with Crippen molar-refractivity contribution in [2.45, 2.75) is 31.6 Å². The van der Waals surface area contributed by atoms with E-state index in [1.165, 1.54) is 12.8 Å². The normalized spacial score (nSPS) is 14.5. The molecule has 6 heteroatoms. The van der Waals surface area contributed by atoms with Crippen molar-refractivity contribution in [2.24, 2.45) is 0 Å². The zero-order valence-electron chi connectivity index (χ0n) is 16.1. The van der Waals surface area contributed by atoms with Gasteiger partial charge in [-0.3, -0.25) is 5.10 Å². The Morgan fingerprint density at radius 2 is 1.59 bits per heavy atom. The third-order valence-corrected chi connectivity index (χ3v) is 5.68. The Bertz CT molecular complexity index is 1150. The predicted octanol–water partition coefficient (Wildman–Crippen LogP) is 5.24. The topological polar surface area (TPSA) is 103 Å². The molecule has 2 aromatic heterocycles. The molecule has 0 unspecified atom stereocenters. The lowest BCUT2D eigenvalue weighted by atomic mass is 9.88. The monoisotopic (exact) mass is 385 g/mol. The van der Waals surface area contributed by atoms with Crippen molar-refractivity contribution in [3.8, 4) is 22.6 Å². The summed E-state index contributed by atoms with van der Waals surface area (Å²) in [5.74, 6) is 3.06. The molecule has 2 aromatic carbocycles. The van der Waals surface area contributed by atoms with Crippen molar-refractivity contribution < 1.29 is 4.74 Å². The summed E-state index contributed by atoms with van der Waals surface area (Å²) in [6.07, 6.45) is 4.67. The predicted molar refractivity (Wildman–Crippen MR) is 116 cm³/mol. The lowest BCUT2D eigenvalue weighted by molar-refractivity contribution is 0.483. The maximum absolute atomic E-state index is 6.42. The number of ether oxygens (including phenoxy) is 1. The van der Waals surface area contributed by atoms with Crippen LogP contribution in [0, 0.1) is 0 Å². The number of anilines is 2. The first kappa shape index (κ1) is 17.6. The zero-order chi connectivity index (χ0) is 19.8. The van der Waals surface area contributed by atoms with E-state index in [0.717, 1.165) is 46.4 Å².